The molecule has 3 aromatic carbocycles. The molecule has 1 nitrogen and oxygen atoms in total. The van der Waals surface area contributed by atoms with Gasteiger partial charge in [-0.05, 0) is 29.2 Å². The summed E-state index contributed by atoms with van der Waals surface area (Å²) in [5.74, 6) is 1.04. The third-order valence-corrected chi connectivity index (χ3v) is 8.43. The van der Waals surface area contributed by atoms with Crippen molar-refractivity contribution in [1.82, 2.24) is 0 Å². The van der Waals surface area contributed by atoms with E-state index in [4.69, 9.17) is 4.74 Å². The highest BCUT2D eigenvalue weighted by Gasteiger charge is 2.54. The molecule has 1 aliphatic rings. The Morgan fingerprint density at radius 3 is 1.39 bits per heavy atom. The molecule has 0 aliphatic heterocycles. The molecule has 0 atom stereocenters. The fraction of sp³-hybridized carbons (Fsp3) is 0.514. The Labute approximate surface area is 233 Å². The van der Waals surface area contributed by atoms with Crippen LogP contribution >= 0.6 is 0 Å². The highest BCUT2D eigenvalue weighted by Crippen LogP contribution is 2.60. The molecule has 3 aromatic rings. The number of hydrogen-bond acceptors (Lipinski definition) is 1. The Bertz CT molecular complexity index is 1030. The third kappa shape index (κ3) is 7.52. The maximum Gasteiger partial charge on any atom is 0.124 e. The smallest absolute Gasteiger partial charge is 0.124 e. The summed E-state index contributed by atoms with van der Waals surface area (Å²) in [5, 5.41) is 0. The molecular formula is C37H50O. The van der Waals surface area contributed by atoms with Gasteiger partial charge in [0.05, 0.1) is 12.0 Å². The quantitative estimate of drug-likeness (QED) is 0.107. The zero-order chi connectivity index (χ0) is 26.3. The van der Waals surface area contributed by atoms with Crippen LogP contribution in [0.4, 0.5) is 0 Å². The van der Waals surface area contributed by atoms with Crippen molar-refractivity contribution in [2.75, 3.05) is 6.61 Å². The van der Waals surface area contributed by atoms with Crippen molar-refractivity contribution >= 4 is 0 Å². The molecular weight excluding hydrogens is 460 g/mol. The van der Waals surface area contributed by atoms with Crippen LogP contribution in [0.1, 0.15) is 132 Å². The zero-order valence-corrected chi connectivity index (χ0v) is 23.9. The lowest BCUT2D eigenvalue weighted by molar-refractivity contribution is 0.300. The predicted octanol–water partition coefficient (Wildman–Crippen LogP) is 11.0. The minimum Gasteiger partial charge on any atom is -0.493 e. The highest BCUT2D eigenvalue weighted by atomic mass is 16.5. The Morgan fingerprint density at radius 2 is 0.868 bits per heavy atom. The normalized spacial score (nSPS) is 13.3. The molecule has 0 N–H and O–H groups in total. The van der Waals surface area contributed by atoms with Crippen molar-refractivity contribution < 1.29 is 4.74 Å². The van der Waals surface area contributed by atoms with E-state index in [1.54, 1.807) is 0 Å². The Hall–Kier alpha value is -2.54. The van der Waals surface area contributed by atoms with E-state index in [-0.39, 0.29) is 5.41 Å². The molecule has 38 heavy (non-hydrogen) atoms. The lowest BCUT2D eigenvalue weighted by Gasteiger charge is -2.22. The maximum atomic E-state index is 6.44. The van der Waals surface area contributed by atoms with Crippen molar-refractivity contribution in [2.24, 2.45) is 0 Å². The summed E-state index contributed by atoms with van der Waals surface area (Å²) in [4.78, 5) is 0. The van der Waals surface area contributed by atoms with Gasteiger partial charge in [0.2, 0.25) is 0 Å². The summed E-state index contributed by atoms with van der Waals surface area (Å²) in [6.07, 6.45) is 22.3. The van der Waals surface area contributed by atoms with Gasteiger partial charge in [0.1, 0.15) is 5.75 Å². The number of rotatable bonds is 20. The first kappa shape index (κ1) is 28.5. The van der Waals surface area contributed by atoms with Gasteiger partial charge in [-0.3, -0.25) is 0 Å². The van der Waals surface area contributed by atoms with Crippen molar-refractivity contribution in [3.63, 3.8) is 0 Å². The van der Waals surface area contributed by atoms with Crippen molar-refractivity contribution in [2.45, 2.75) is 115 Å². The summed E-state index contributed by atoms with van der Waals surface area (Å²) in [7, 11) is 0. The molecule has 0 radical (unpaired) electrons. The second-order valence-electron chi connectivity index (χ2n) is 11.3. The van der Waals surface area contributed by atoms with E-state index in [0.29, 0.717) is 0 Å². The summed E-state index contributed by atoms with van der Waals surface area (Å²) >= 11 is 0. The van der Waals surface area contributed by atoms with Gasteiger partial charge in [-0.1, -0.05) is 176 Å². The van der Waals surface area contributed by atoms with Crippen LogP contribution < -0.4 is 4.74 Å². The number of fused-ring (bicyclic) bond motifs is 1. The summed E-state index contributed by atoms with van der Waals surface area (Å²) < 4.78 is 6.44. The van der Waals surface area contributed by atoms with Crippen LogP contribution in [0, 0.1) is 0 Å². The van der Waals surface area contributed by atoms with Crippen molar-refractivity contribution in [3.05, 3.63) is 101 Å². The van der Waals surface area contributed by atoms with Crippen molar-refractivity contribution in [3.8, 4) is 5.75 Å². The van der Waals surface area contributed by atoms with Gasteiger partial charge in [0, 0.05) is 5.56 Å². The number of para-hydroxylation sites is 1. The van der Waals surface area contributed by atoms with E-state index in [9.17, 15) is 0 Å². The first-order chi connectivity index (χ1) is 18.9. The number of unbranched alkanes of at least 4 members (excludes halogenated alkanes) is 15. The first-order valence-corrected chi connectivity index (χ1v) is 15.8. The summed E-state index contributed by atoms with van der Waals surface area (Å²) in [5.41, 5.74) is 5.27. The van der Waals surface area contributed by atoms with Gasteiger partial charge in [-0.2, -0.15) is 0 Å². The van der Waals surface area contributed by atoms with Gasteiger partial charge in [-0.15, -0.1) is 0 Å². The van der Waals surface area contributed by atoms with Crippen LogP contribution in [0.2, 0.25) is 0 Å². The highest BCUT2D eigenvalue weighted by molar-refractivity contribution is 5.76. The molecule has 0 unspecified atom stereocenters. The molecule has 1 aliphatic carbocycles. The van der Waals surface area contributed by atoms with Gasteiger partial charge < -0.3 is 4.74 Å². The van der Waals surface area contributed by atoms with Crippen LogP contribution in [0.15, 0.2) is 78.9 Å². The SMILES string of the molecule is CCCCCCCCCCCCCCCCCCOc1ccccc1C1(c2ccccc2)c2ccccc21. The Balaban J connectivity index is 1.11. The molecule has 204 valence electrons. The van der Waals surface area contributed by atoms with Crippen LogP contribution in [0.5, 0.6) is 5.75 Å². The monoisotopic (exact) mass is 510 g/mol. The molecule has 0 spiro atoms. The largest absolute Gasteiger partial charge is 0.493 e. The summed E-state index contributed by atoms with van der Waals surface area (Å²) in [6, 6.07) is 28.4. The molecule has 0 heterocycles. The summed E-state index contributed by atoms with van der Waals surface area (Å²) in [6.45, 7) is 3.10. The molecule has 0 saturated heterocycles. The van der Waals surface area contributed by atoms with E-state index in [2.05, 4.69) is 85.8 Å². The lowest BCUT2D eigenvalue weighted by Crippen LogP contribution is -2.15. The fourth-order valence-corrected chi connectivity index (χ4v) is 6.23. The lowest BCUT2D eigenvalue weighted by atomic mass is 9.83. The van der Waals surface area contributed by atoms with E-state index >= 15 is 0 Å². The standard InChI is InChI=1S/C37H50O/c1-2-3-4-5-6-7-8-9-10-11-12-13-14-15-16-24-31-38-36-30-23-22-29-35(36)37(32-25-18-17-19-26-32)33-27-20-21-28-34(33)37/h17-23,25-30H,2-16,24,31H2,1H3. The predicted molar refractivity (Wildman–Crippen MR) is 163 cm³/mol. The van der Waals surface area contributed by atoms with Crippen LogP contribution in [0.3, 0.4) is 0 Å². The average Bonchev–Trinajstić information content (AvgIpc) is 3.65. The second kappa shape index (κ2) is 15.8. The Morgan fingerprint density at radius 1 is 0.447 bits per heavy atom. The van der Waals surface area contributed by atoms with Crippen LogP contribution in [-0.2, 0) is 5.41 Å². The third-order valence-electron chi connectivity index (χ3n) is 8.43. The van der Waals surface area contributed by atoms with Gasteiger partial charge >= 0.3 is 0 Å². The molecule has 0 saturated carbocycles. The minimum atomic E-state index is -0.157. The van der Waals surface area contributed by atoms with E-state index in [1.807, 2.05) is 0 Å². The first-order valence-electron chi connectivity index (χ1n) is 15.8. The van der Waals surface area contributed by atoms with Crippen molar-refractivity contribution in [1.29, 1.82) is 0 Å². The number of ether oxygens (including phenoxy) is 1. The molecule has 0 aromatic heterocycles. The maximum absolute atomic E-state index is 6.44. The Kier molecular flexibility index (Phi) is 11.8. The van der Waals surface area contributed by atoms with E-state index in [1.165, 1.54) is 119 Å². The number of benzene rings is 3. The van der Waals surface area contributed by atoms with Crippen LogP contribution in [0.25, 0.3) is 0 Å². The molecule has 0 fully saturated rings. The zero-order valence-electron chi connectivity index (χ0n) is 23.9. The fourth-order valence-electron chi connectivity index (χ4n) is 6.23. The number of hydrogen-bond donors (Lipinski definition) is 0. The van der Waals surface area contributed by atoms with E-state index in [0.717, 1.165) is 18.8 Å². The topological polar surface area (TPSA) is 9.23 Å². The average molecular weight is 511 g/mol. The minimum absolute atomic E-state index is 0.157. The van der Waals surface area contributed by atoms with Crippen LogP contribution in [-0.4, -0.2) is 6.61 Å². The van der Waals surface area contributed by atoms with E-state index < -0.39 is 0 Å². The van der Waals surface area contributed by atoms with Gasteiger partial charge in [0.25, 0.3) is 0 Å². The molecule has 0 amide bonds. The molecule has 1 heteroatoms. The van der Waals surface area contributed by atoms with Gasteiger partial charge in [-0.25, -0.2) is 0 Å². The molecule has 4 rings (SSSR count). The molecule has 0 bridgehead atoms. The second-order valence-corrected chi connectivity index (χ2v) is 11.3. The van der Waals surface area contributed by atoms with Gasteiger partial charge in [0.15, 0.2) is 0 Å².